The number of nitrogens with one attached hydrogen (secondary N) is 1. The summed E-state index contributed by atoms with van der Waals surface area (Å²) in [6.07, 6.45) is 5.01. The second-order valence-corrected chi connectivity index (χ2v) is 5.65. The molecule has 2 aromatic rings. The van der Waals surface area contributed by atoms with Crippen LogP contribution in [0.2, 0.25) is 0 Å². The van der Waals surface area contributed by atoms with Gasteiger partial charge in [0.1, 0.15) is 5.52 Å². The number of nitrogens with two attached hydrogens (primary N) is 1. The Hall–Kier alpha value is -1.29. The maximum atomic E-state index is 6.15. The Labute approximate surface area is 112 Å². The number of nitrogens with zero attached hydrogens (tertiary/aromatic N) is 1. The first kappa shape index (κ1) is 13.1. The van der Waals surface area contributed by atoms with E-state index in [9.17, 15) is 0 Å². The lowest BCUT2D eigenvalue weighted by Crippen LogP contribution is -2.16. The van der Waals surface area contributed by atoms with E-state index in [2.05, 4.69) is 36.3 Å². The molecule has 3 N–H and O–H groups in total. The van der Waals surface area contributed by atoms with Gasteiger partial charge in [-0.05, 0) is 25.5 Å². The Morgan fingerprint density at radius 3 is 3.00 bits per heavy atom. The number of anilines is 2. The van der Waals surface area contributed by atoms with Crippen LogP contribution in [0.3, 0.4) is 0 Å². The van der Waals surface area contributed by atoms with Gasteiger partial charge < -0.3 is 11.1 Å². The third-order valence-corrected chi connectivity index (χ3v) is 3.98. The van der Waals surface area contributed by atoms with Gasteiger partial charge in [-0.15, -0.1) is 11.3 Å². The first-order valence-corrected chi connectivity index (χ1v) is 7.48. The van der Waals surface area contributed by atoms with Crippen molar-refractivity contribution in [3.8, 4) is 0 Å². The summed E-state index contributed by atoms with van der Waals surface area (Å²) in [5, 5.41) is 3.49. The first-order chi connectivity index (χ1) is 8.72. The molecular formula is C14H21N3S. The van der Waals surface area contributed by atoms with Gasteiger partial charge in [0, 0.05) is 6.04 Å². The van der Waals surface area contributed by atoms with Crippen molar-refractivity contribution >= 4 is 32.9 Å². The average Bonchev–Trinajstić information content (AvgIpc) is 2.82. The Kier molecular flexibility index (Phi) is 4.42. The molecule has 18 heavy (non-hydrogen) atoms. The Morgan fingerprint density at radius 2 is 2.22 bits per heavy atom. The van der Waals surface area contributed by atoms with Gasteiger partial charge >= 0.3 is 0 Å². The predicted octanol–water partition coefficient (Wildman–Crippen LogP) is 4.26. The van der Waals surface area contributed by atoms with Crippen molar-refractivity contribution < 1.29 is 0 Å². The minimum Gasteiger partial charge on any atom is -0.395 e. The Bertz CT molecular complexity index is 507. The monoisotopic (exact) mass is 263 g/mol. The fraction of sp³-hybridized carbons (Fsp3) is 0.500. The highest BCUT2D eigenvalue weighted by Gasteiger charge is 2.09. The molecule has 0 spiro atoms. The molecule has 1 atom stereocenters. The molecule has 0 amide bonds. The van der Waals surface area contributed by atoms with E-state index >= 15 is 0 Å². The van der Waals surface area contributed by atoms with Gasteiger partial charge in [-0.2, -0.15) is 0 Å². The molecule has 0 aliphatic rings. The normalized spacial score (nSPS) is 12.8. The van der Waals surface area contributed by atoms with Crippen LogP contribution < -0.4 is 11.1 Å². The van der Waals surface area contributed by atoms with Crippen LogP contribution in [0.25, 0.3) is 10.2 Å². The third-order valence-electron chi connectivity index (χ3n) is 3.18. The SMILES string of the molecule is CCCCCC(C)Nc1ccc2scnc2c1N. The van der Waals surface area contributed by atoms with E-state index < -0.39 is 0 Å². The molecule has 1 heterocycles. The van der Waals surface area contributed by atoms with E-state index in [-0.39, 0.29) is 0 Å². The summed E-state index contributed by atoms with van der Waals surface area (Å²) in [7, 11) is 0. The molecule has 0 aliphatic heterocycles. The number of benzene rings is 1. The van der Waals surface area contributed by atoms with Gasteiger partial charge in [-0.3, -0.25) is 0 Å². The maximum Gasteiger partial charge on any atom is 0.106 e. The second kappa shape index (κ2) is 6.05. The summed E-state index contributed by atoms with van der Waals surface area (Å²) in [4.78, 5) is 4.32. The van der Waals surface area contributed by atoms with Crippen LogP contribution in [0.1, 0.15) is 39.5 Å². The minimum atomic E-state index is 0.454. The zero-order chi connectivity index (χ0) is 13.0. The van der Waals surface area contributed by atoms with Crippen molar-refractivity contribution in [2.45, 2.75) is 45.6 Å². The Balaban J connectivity index is 2.04. The molecule has 4 heteroatoms. The van der Waals surface area contributed by atoms with Gasteiger partial charge in [-0.1, -0.05) is 26.2 Å². The second-order valence-electron chi connectivity index (χ2n) is 4.77. The lowest BCUT2D eigenvalue weighted by atomic mass is 10.1. The highest BCUT2D eigenvalue weighted by Crippen LogP contribution is 2.30. The molecule has 0 saturated heterocycles. The molecule has 1 aromatic carbocycles. The number of fused-ring (bicyclic) bond motifs is 1. The molecule has 0 bridgehead atoms. The number of nitrogen functional groups attached to an aromatic ring is 1. The van der Waals surface area contributed by atoms with Crippen LogP contribution in [0.5, 0.6) is 0 Å². The number of hydrogen-bond acceptors (Lipinski definition) is 4. The highest BCUT2D eigenvalue weighted by atomic mass is 32.1. The summed E-state index contributed by atoms with van der Waals surface area (Å²) in [6, 6.07) is 4.60. The van der Waals surface area contributed by atoms with Gasteiger partial charge in [-0.25, -0.2) is 4.98 Å². The summed E-state index contributed by atoms with van der Waals surface area (Å²) in [6.45, 7) is 4.44. The van der Waals surface area contributed by atoms with Crippen molar-refractivity contribution in [3.63, 3.8) is 0 Å². The van der Waals surface area contributed by atoms with Gasteiger partial charge in [0.15, 0.2) is 0 Å². The molecule has 3 nitrogen and oxygen atoms in total. The number of hydrogen-bond donors (Lipinski definition) is 2. The number of unbranched alkanes of at least 4 members (excludes halogenated alkanes) is 2. The Morgan fingerprint density at radius 1 is 1.39 bits per heavy atom. The van der Waals surface area contributed by atoms with Crippen LogP contribution in [0.15, 0.2) is 17.6 Å². The first-order valence-electron chi connectivity index (χ1n) is 6.60. The van der Waals surface area contributed by atoms with Gasteiger partial charge in [0.25, 0.3) is 0 Å². The minimum absolute atomic E-state index is 0.454. The van der Waals surface area contributed by atoms with E-state index in [0.717, 1.165) is 21.6 Å². The molecule has 0 fully saturated rings. The molecule has 0 radical (unpaired) electrons. The summed E-state index contributed by atoms with van der Waals surface area (Å²) < 4.78 is 1.15. The summed E-state index contributed by atoms with van der Waals surface area (Å²) in [5.41, 5.74) is 10.7. The van der Waals surface area contributed by atoms with Crippen molar-refractivity contribution in [1.29, 1.82) is 0 Å². The van der Waals surface area contributed by atoms with Crippen LogP contribution in [0.4, 0.5) is 11.4 Å². The molecular weight excluding hydrogens is 242 g/mol. The topological polar surface area (TPSA) is 50.9 Å². The molecule has 0 saturated carbocycles. The summed E-state index contributed by atoms with van der Waals surface area (Å²) in [5.74, 6) is 0. The van der Waals surface area contributed by atoms with Crippen molar-refractivity contribution in [2.75, 3.05) is 11.1 Å². The van der Waals surface area contributed by atoms with Crippen LogP contribution in [0, 0.1) is 0 Å². The molecule has 1 aromatic heterocycles. The highest BCUT2D eigenvalue weighted by molar-refractivity contribution is 7.16. The number of thiazole rings is 1. The molecule has 2 rings (SSSR count). The van der Waals surface area contributed by atoms with Crippen molar-refractivity contribution in [1.82, 2.24) is 4.98 Å². The van der Waals surface area contributed by atoms with Crippen LogP contribution in [-0.2, 0) is 0 Å². The fourth-order valence-electron chi connectivity index (χ4n) is 2.12. The fourth-order valence-corrected chi connectivity index (χ4v) is 2.81. The van der Waals surface area contributed by atoms with E-state index in [1.54, 1.807) is 11.3 Å². The largest absolute Gasteiger partial charge is 0.395 e. The molecule has 0 aliphatic carbocycles. The van der Waals surface area contributed by atoms with E-state index in [0.29, 0.717) is 6.04 Å². The van der Waals surface area contributed by atoms with E-state index in [4.69, 9.17) is 5.73 Å². The lowest BCUT2D eigenvalue weighted by molar-refractivity contribution is 0.615. The van der Waals surface area contributed by atoms with Crippen LogP contribution in [-0.4, -0.2) is 11.0 Å². The number of aromatic nitrogens is 1. The molecule has 98 valence electrons. The maximum absolute atomic E-state index is 6.15. The lowest BCUT2D eigenvalue weighted by Gasteiger charge is -2.16. The van der Waals surface area contributed by atoms with Crippen LogP contribution >= 0.6 is 11.3 Å². The number of rotatable bonds is 6. The third kappa shape index (κ3) is 2.93. The zero-order valence-corrected chi connectivity index (χ0v) is 11.9. The van der Waals surface area contributed by atoms with Crippen molar-refractivity contribution in [2.24, 2.45) is 0 Å². The van der Waals surface area contributed by atoms with E-state index in [1.165, 1.54) is 25.7 Å². The predicted molar refractivity (Wildman–Crippen MR) is 81.3 cm³/mol. The average molecular weight is 263 g/mol. The molecule has 1 unspecified atom stereocenters. The summed E-state index contributed by atoms with van der Waals surface area (Å²) >= 11 is 1.63. The zero-order valence-electron chi connectivity index (χ0n) is 11.1. The standard InChI is InChI=1S/C14H21N3S/c1-3-4-5-6-10(2)17-11-7-8-12-14(13(11)15)16-9-18-12/h7-10,17H,3-6,15H2,1-2H3. The quantitative estimate of drug-likeness (QED) is 0.605. The van der Waals surface area contributed by atoms with Gasteiger partial charge in [0.2, 0.25) is 0 Å². The van der Waals surface area contributed by atoms with Crippen molar-refractivity contribution in [3.05, 3.63) is 17.6 Å². The van der Waals surface area contributed by atoms with Gasteiger partial charge in [0.05, 0.1) is 21.6 Å². The van der Waals surface area contributed by atoms with E-state index in [1.807, 2.05) is 5.51 Å². The smallest absolute Gasteiger partial charge is 0.106 e.